The van der Waals surface area contributed by atoms with Crippen molar-refractivity contribution in [1.29, 1.82) is 0 Å². The molecule has 1 amide bonds. The Morgan fingerprint density at radius 3 is 2.61 bits per heavy atom. The van der Waals surface area contributed by atoms with E-state index in [2.05, 4.69) is 5.32 Å². The van der Waals surface area contributed by atoms with Gasteiger partial charge < -0.3 is 20.3 Å². The quantitative estimate of drug-likeness (QED) is 0.689. The van der Waals surface area contributed by atoms with Crippen molar-refractivity contribution in [3.8, 4) is 11.5 Å². The molecule has 18 heavy (non-hydrogen) atoms. The van der Waals surface area contributed by atoms with E-state index >= 15 is 0 Å². The minimum absolute atomic E-state index is 0.0241. The zero-order chi connectivity index (χ0) is 13.7. The van der Waals surface area contributed by atoms with Crippen molar-refractivity contribution in [2.45, 2.75) is 19.9 Å². The number of esters is 1. The molecular weight excluding hydrogens is 238 g/mol. The fourth-order valence-corrected chi connectivity index (χ4v) is 1.31. The Hall–Kier alpha value is -2.24. The van der Waals surface area contributed by atoms with Crippen LogP contribution in [0, 0.1) is 0 Å². The topological polar surface area (TPSA) is 95.9 Å². The number of ether oxygens (including phenoxy) is 1. The molecule has 0 fully saturated rings. The van der Waals surface area contributed by atoms with Gasteiger partial charge in [0, 0.05) is 6.07 Å². The SMILES string of the molecule is CCOC(=O)C(C)NC(=O)c1ccc(O)cc1O. The number of amides is 1. The predicted molar refractivity (Wildman–Crippen MR) is 63.3 cm³/mol. The lowest BCUT2D eigenvalue weighted by atomic mass is 10.1. The zero-order valence-electron chi connectivity index (χ0n) is 10.1. The van der Waals surface area contributed by atoms with Gasteiger partial charge in [-0.25, -0.2) is 4.79 Å². The van der Waals surface area contributed by atoms with Gasteiger partial charge in [-0.05, 0) is 26.0 Å². The molecule has 1 aromatic rings. The summed E-state index contributed by atoms with van der Waals surface area (Å²) >= 11 is 0. The fourth-order valence-electron chi connectivity index (χ4n) is 1.31. The maximum Gasteiger partial charge on any atom is 0.328 e. The van der Waals surface area contributed by atoms with Gasteiger partial charge in [-0.15, -0.1) is 0 Å². The van der Waals surface area contributed by atoms with Crippen molar-refractivity contribution in [3.63, 3.8) is 0 Å². The van der Waals surface area contributed by atoms with E-state index in [0.29, 0.717) is 0 Å². The molecule has 6 nitrogen and oxygen atoms in total. The van der Waals surface area contributed by atoms with Crippen LogP contribution in [0.4, 0.5) is 0 Å². The number of benzene rings is 1. The molecule has 0 aromatic heterocycles. The van der Waals surface area contributed by atoms with Gasteiger partial charge >= 0.3 is 5.97 Å². The van der Waals surface area contributed by atoms with E-state index in [-0.39, 0.29) is 23.7 Å². The summed E-state index contributed by atoms with van der Waals surface area (Å²) in [6.45, 7) is 3.37. The summed E-state index contributed by atoms with van der Waals surface area (Å²) in [5.41, 5.74) is -0.0241. The minimum atomic E-state index is -0.814. The van der Waals surface area contributed by atoms with E-state index < -0.39 is 17.9 Å². The molecule has 0 aliphatic heterocycles. The molecule has 6 heteroatoms. The van der Waals surface area contributed by atoms with Gasteiger partial charge in [-0.2, -0.15) is 0 Å². The lowest BCUT2D eigenvalue weighted by Gasteiger charge is -2.13. The summed E-state index contributed by atoms with van der Waals surface area (Å²) in [7, 11) is 0. The summed E-state index contributed by atoms with van der Waals surface area (Å²) in [4.78, 5) is 23.0. The first kappa shape index (κ1) is 13.8. The third-order valence-corrected chi connectivity index (χ3v) is 2.21. The number of carbonyl (C=O) groups is 2. The van der Waals surface area contributed by atoms with E-state index in [4.69, 9.17) is 9.84 Å². The summed E-state index contributed by atoms with van der Waals surface area (Å²) in [5.74, 6) is -1.68. The maximum atomic E-state index is 11.7. The third-order valence-electron chi connectivity index (χ3n) is 2.21. The molecule has 0 bridgehead atoms. The number of aromatic hydroxyl groups is 2. The molecule has 1 rings (SSSR count). The Balaban J connectivity index is 2.73. The van der Waals surface area contributed by atoms with E-state index in [1.807, 2.05) is 0 Å². The standard InChI is InChI=1S/C12H15NO5/c1-3-18-12(17)7(2)13-11(16)9-5-4-8(14)6-10(9)15/h4-7,14-15H,3H2,1-2H3,(H,13,16). The normalized spacial score (nSPS) is 11.7. The summed E-state index contributed by atoms with van der Waals surface area (Å²) < 4.78 is 4.73. The first-order chi connectivity index (χ1) is 8.45. The Bertz CT molecular complexity index is 458. The molecule has 0 saturated heterocycles. The van der Waals surface area contributed by atoms with Crippen LogP contribution in [0.3, 0.4) is 0 Å². The third kappa shape index (κ3) is 3.38. The van der Waals surface area contributed by atoms with E-state index in [1.54, 1.807) is 6.92 Å². The Morgan fingerprint density at radius 2 is 2.06 bits per heavy atom. The zero-order valence-corrected chi connectivity index (χ0v) is 10.1. The van der Waals surface area contributed by atoms with Crippen LogP contribution < -0.4 is 5.32 Å². The number of phenols is 2. The molecular formula is C12H15NO5. The minimum Gasteiger partial charge on any atom is -0.508 e. The van der Waals surface area contributed by atoms with Crippen molar-refractivity contribution in [2.24, 2.45) is 0 Å². The average molecular weight is 253 g/mol. The van der Waals surface area contributed by atoms with Crippen LogP contribution in [0.25, 0.3) is 0 Å². The summed E-state index contributed by atoms with van der Waals surface area (Å²) in [6, 6.07) is 2.76. The lowest BCUT2D eigenvalue weighted by Crippen LogP contribution is -2.39. The van der Waals surface area contributed by atoms with Crippen LogP contribution in [0.2, 0.25) is 0 Å². The van der Waals surface area contributed by atoms with Gasteiger partial charge in [0.1, 0.15) is 17.5 Å². The van der Waals surface area contributed by atoms with Crippen LogP contribution in [0.1, 0.15) is 24.2 Å². The highest BCUT2D eigenvalue weighted by Gasteiger charge is 2.19. The van der Waals surface area contributed by atoms with Crippen LogP contribution in [-0.4, -0.2) is 34.7 Å². The van der Waals surface area contributed by atoms with E-state index in [9.17, 15) is 14.7 Å². The molecule has 0 heterocycles. The van der Waals surface area contributed by atoms with Gasteiger partial charge in [0.05, 0.1) is 12.2 Å². The van der Waals surface area contributed by atoms with E-state index in [1.165, 1.54) is 19.1 Å². The second-order valence-electron chi connectivity index (χ2n) is 3.65. The maximum absolute atomic E-state index is 11.7. The van der Waals surface area contributed by atoms with Crippen LogP contribution in [0.15, 0.2) is 18.2 Å². The highest BCUT2D eigenvalue weighted by Crippen LogP contribution is 2.22. The van der Waals surface area contributed by atoms with Crippen LogP contribution in [-0.2, 0) is 9.53 Å². The molecule has 0 aliphatic rings. The van der Waals surface area contributed by atoms with E-state index in [0.717, 1.165) is 6.07 Å². The van der Waals surface area contributed by atoms with Gasteiger partial charge in [0.25, 0.3) is 5.91 Å². The largest absolute Gasteiger partial charge is 0.508 e. The van der Waals surface area contributed by atoms with Crippen molar-refractivity contribution in [1.82, 2.24) is 5.32 Å². The fraction of sp³-hybridized carbons (Fsp3) is 0.333. The van der Waals surface area contributed by atoms with Gasteiger partial charge in [0.15, 0.2) is 0 Å². The Labute approximate surface area is 104 Å². The molecule has 1 atom stereocenters. The van der Waals surface area contributed by atoms with Crippen molar-refractivity contribution in [3.05, 3.63) is 23.8 Å². The van der Waals surface area contributed by atoms with Gasteiger partial charge in [-0.3, -0.25) is 4.79 Å². The number of phenolic OH excluding ortho intramolecular Hbond substituents is 2. The number of carbonyl (C=O) groups excluding carboxylic acids is 2. The Kier molecular flexibility index (Phi) is 4.53. The molecule has 0 saturated carbocycles. The molecule has 1 unspecified atom stereocenters. The monoisotopic (exact) mass is 253 g/mol. The Morgan fingerprint density at radius 1 is 1.39 bits per heavy atom. The van der Waals surface area contributed by atoms with Gasteiger partial charge in [0.2, 0.25) is 0 Å². The molecule has 98 valence electrons. The van der Waals surface area contributed by atoms with Gasteiger partial charge in [-0.1, -0.05) is 0 Å². The van der Waals surface area contributed by atoms with Crippen LogP contribution in [0.5, 0.6) is 11.5 Å². The van der Waals surface area contributed by atoms with Crippen LogP contribution >= 0.6 is 0 Å². The number of nitrogens with one attached hydrogen (secondary N) is 1. The van der Waals surface area contributed by atoms with Crippen molar-refractivity contribution < 1.29 is 24.5 Å². The predicted octanol–water partition coefficient (Wildman–Crippen LogP) is 0.779. The molecule has 0 radical (unpaired) electrons. The van der Waals surface area contributed by atoms with Crippen molar-refractivity contribution in [2.75, 3.05) is 6.61 Å². The first-order valence-electron chi connectivity index (χ1n) is 5.45. The smallest absolute Gasteiger partial charge is 0.328 e. The molecule has 3 N–H and O–H groups in total. The molecule has 0 aliphatic carbocycles. The average Bonchev–Trinajstić information content (AvgIpc) is 2.28. The molecule has 1 aromatic carbocycles. The number of rotatable bonds is 4. The first-order valence-corrected chi connectivity index (χ1v) is 5.45. The highest BCUT2D eigenvalue weighted by molar-refractivity contribution is 5.99. The summed E-state index contributed by atoms with van der Waals surface area (Å²) in [5, 5.41) is 21.0. The lowest BCUT2D eigenvalue weighted by molar-refractivity contribution is -0.144. The second kappa shape index (κ2) is 5.90. The van der Waals surface area contributed by atoms with Crippen molar-refractivity contribution >= 4 is 11.9 Å². The number of hydrogen-bond acceptors (Lipinski definition) is 5. The highest BCUT2D eigenvalue weighted by atomic mass is 16.5. The molecule has 0 spiro atoms. The number of hydrogen-bond donors (Lipinski definition) is 3. The summed E-state index contributed by atoms with van der Waals surface area (Å²) in [6.07, 6.45) is 0. The second-order valence-corrected chi connectivity index (χ2v) is 3.65.